The maximum atomic E-state index is 2.36. The van der Waals surface area contributed by atoms with Gasteiger partial charge in [-0.25, -0.2) is 0 Å². The van der Waals surface area contributed by atoms with Crippen LogP contribution in [-0.4, -0.2) is 0 Å². The lowest BCUT2D eigenvalue weighted by Gasteiger charge is -2.22. The van der Waals surface area contributed by atoms with Crippen molar-refractivity contribution in [2.75, 3.05) is 0 Å². The summed E-state index contributed by atoms with van der Waals surface area (Å²) in [5.41, 5.74) is 6.63. The molecule has 0 aliphatic heterocycles. The van der Waals surface area contributed by atoms with Gasteiger partial charge < -0.3 is 0 Å². The molecule has 0 heterocycles. The van der Waals surface area contributed by atoms with Crippen molar-refractivity contribution in [3.05, 3.63) is 46.5 Å². The fourth-order valence-corrected chi connectivity index (χ4v) is 3.85. The van der Waals surface area contributed by atoms with E-state index in [1.54, 1.807) is 22.3 Å². The normalized spacial score (nSPS) is 11.3. The van der Waals surface area contributed by atoms with Gasteiger partial charge in [0.25, 0.3) is 0 Å². The number of rotatable bonds is 8. The van der Waals surface area contributed by atoms with Gasteiger partial charge in [0.15, 0.2) is 0 Å². The standard InChI is InChI=1S/C22H32/c1-5-9-14-21-19(13-7-3)18(12-6-2)17(8-4)20-15-10-11-16-22(20)21/h10-11,15-16H,5-9,12-14H2,1-4H3. The minimum atomic E-state index is 1.15. The highest BCUT2D eigenvalue weighted by Crippen LogP contribution is 2.34. The lowest BCUT2D eigenvalue weighted by molar-refractivity contribution is 0.774. The van der Waals surface area contributed by atoms with Gasteiger partial charge in [-0.05, 0) is 65.1 Å². The van der Waals surface area contributed by atoms with Crippen LogP contribution in [0.4, 0.5) is 0 Å². The van der Waals surface area contributed by atoms with Crippen molar-refractivity contribution in [2.45, 2.75) is 79.1 Å². The number of aryl methyl sites for hydroxylation is 2. The van der Waals surface area contributed by atoms with E-state index in [0.717, 1.165) is 6.42 Å². The second-order valence-corrected chi connectivity index (χ2v) is 6.42. The van der Waals surface area contributed by atoms with Crippen LogP contribution in [0.25, 0.3) is 10.8 Å². The molecule has 0 spiro atoms. The van der Waals surface area contributed by atoms with E-state index >= 15 is 0 Å². The fraction of sp³-hybridized carbons (Fsp3) is 0.545. The molecule has 0 aliphatic carbocycles. The van der Waals surface area contributed by atoms with Crippen molar-refractivity contribution in [3.8, 4) is 0 Å². The van der Waals surface area contributed by atoms with E-state index in [4.69, 9.17) is 0 Å². The van der Waals surface area contributed by atoms with Gasteiger partial charge in [-0.1, -0.05) is 71.2 Å². The van der Waals surface area contributed by atoms with E-state index in [-0.39, 0.29) is 0 Å². The Bertz CT molecular complexity index is 607. The molecule has 0 aliphatic rings. The molecule has 0 aromatic heterocycles. The summed E-state index contributed by atoms with van der Waals surface area (Å²) < 4.78 is 0. The molecule has 2 aromatic rings. The Morgan fingerprint density at radius 3 is 1.64 bits per heavy atom. The van der Waals surface area contributed by atoms with Crippen molar-refractivity contribution in [3.63, 3.8) is 0 Å². The van der Waals surface area contributed by atoms with Crippen LogP contribution in [-0.2, 0) is 25.7 Å². The van der Waals surface area contributed by atoms with Crippen LogP contribution in [0.2, 0.25) is 0 Å². The minimum Gasteiger partial charge on any atom is -0.0654 e. The van der Waals surface area contributed by atoms with Crippen molar-refractivity contribution < 1.29 is 0 Å². The summed E-state index contributed by atoms with van der Waals surface area (Å²) in [6, 6.07) is 9.12. The van der Waals surface area contributed by atoms with Gasteiger partial charge in [-0.2, -0.15) is 0 Å². The van der Waals surface area contributed by atoms with Gasteiger partial charge in [0.1, 0.15) is 0 Å². The Balaban J connectivity index is 2.77. The van der Waals surface area contributed by atoms with Gasteiger partial charge >= 0.3 is 0 Å². The molecule has 0 saturated heterocycles. The Kier molecular flexibility index (Phi) is 6.49. The second-order valence-electron chi connectivity index (χ2n) is 6.42. The highest BCUT2D eigenvalue weighted by molar-refractivity contribution is 5.91. The van der Waals surface area contributed by atoms with Gasteiger partial charge in [0, 0.05) is 0 Å². The van der Waals surface area contributed by atoms with Crippen LogP contribution >= 0.6 is 0 Å². The quantitative estimate of drug-likeness (QED) is 0.511. The van der Waals surface area contributed by atoms with E-state index in [1.807, 2.05) is 0 Å². The molecule has 0 heteroatoms. The predicted octanol–water partition coefficient (Wildman–Crippen LogP) is 6.65. The molecule has 0 N–H and O–H groups in total. The Morgan fingerprint density at radius 2 is 1.14 bits per heavy atom. The summed E-state index contributed by atoms with van der Waals surface area (Å²) in [7, 11) is 0. The smallest absolute Gasteiger partial charge is 0.0146 e. The van der Waals surface area contributed by atoms with Crippen LogP contribution < -0.4 is 0 Å². The van der Waals surface area contributed by atoms with Crippen molar-refractivity contribution >= 4 is 10.8 Å². The molecule has 22 heavy (non-hydrogen) atoms. The third-order valence-electron chi connectivity index (χ3n) is 4.80. The maximum Gasteiger partial charge on any atom is -0.0146 e. The summed E-state index contributed by atoms with van der Waals surface area (Å²) in [6.07, 6.45) is 9.95. The summed E-state index contributed by atoms with van der Waals surface area (Å²) in [4.78, 5) is 0. The van der Waals surface area contributed by atoms with Crippen LogP contribution in [0.5, 0.6) is 0 Å². The Labute approximate surface area is 136 Å². The molecule has 0 radical (unpaired) electrons. The first kappa shape index (κ1) is 17.1. The third kappa shape index (κ3) is 3.37. The van der Waals surface area contributed by atoms with Crippen LogP contribution in [0.1, 0.15) is 75.6 Å². The van der Waals surface area contributed by atoms with Crippen molar-refractivity contribution in [1.82, 2.24) is 0 Å². The number of hydrogen-bond donors (Lipinski definition) is 0. The first-order chi connectivity index (χ1) is 10.8. The summed E-state index contributed by atoms with van der Waals surface area (Å²) in [5.74, 6) is 0. The number of benzene rings is 2. The van der Waals surface area contributed by atoms with Crippen LogP contribution in [0, 0.1) is 0 Å². The van der Waals surface area contributed by atoms with Gasteiger partial charge in [0.05, 0.1) is 0 Å². The number of hydrogen-bond acceptors (Lipinski definition) is 0. The molecule has 0 atom stereocenters. The third-order valence-corrected chi connectivity index (χ3v) is 4.80. The van der Waals surface area contributed by atoms with Crippen LogP contribution in [0.3, 0.4) is 0 Å². The van der Waals surface area contributed by atoms with E-state index in [1.165, 1.54) is 55.7 Å². The van der Waals surface area contributed by atoms with E-state index in [9.17, 15) is 0 Å². The Hall–Kier alpha value is -1.30. The van der Waals surface area contributed by atoms with Gasteiger partial charge in [0.2, 0.25) is 0 Å². The summed E-state index contributed by atoms with van der Waals surface area (Å²) >= 11 is 0. The summed E-state index contributed by atoms with van der Waals surface area (Å²) in [5, 5.41) is 3.04. The van der Waals surface area contributed by atoms with Crippen molar-refractivity contribution in [1.29, 1.82) is 0 Å². The first-order valence-electron chi connectivity index (χ1n) is 9.32. The van der Waals surface area contributed by atoms with E-state index in [2.05, 4.69) is 52.0 Å². The lowest BCUT2D eigenvalue weighted by Crippen LogP contribution is -2.07. The van der Waals surface area contributed by atoms with E-state index < -0.39 is 0 Å². The van der Waals surface area contributed by atoms with E-state index in [0.29, 0.717) is 0 Å². The first-order valence-corrected chi connectivity index (χ1v) is 9.32. The average molecular weight is 296 g/mol. The molecular formula is C22H32. The zero-order chi connectivity index (χ0) is 15.9. The number of fused-ring (bicyclic) bond motifs is 1. The van der Waals surface area contributed by atoms with Gasteiger partial charge in [-0.3, -0.25) is 0 Å². The van der Waals surface area contributed by atoms with Gasteiger partial charge in [-0.15, -0.1) is 0 Å². The molecule has 0 unspecified atom stereocenters. The maximum absolute atomic E-state index is 2.36. The molecule has 0 saturated carbocycles. The monoisotopic (exact) mass is 296 g/mol. The molecule has 0 nitrogen and oxygen atoms in total. The minimum absolute atomic E-state index is 1.15. The zero-order valence-corrected chi connectivity index (χ0v) is 15.0. The molecule has 2 rings (SSSR count). The SMILES string of the molecule is CCCCc1c(CCC)c(CCC)c(CC)c2ccccc12. The lowest BCUT2D eigenvalue weighted by atomic mass is 9.83. The fourth-order valence-electron chi connectivity index (χ4n) is 3.85. The molecule has 0 bridgehead atoms. The largest absolute Gasteiger partial charge is 0.0654 e. The molecule has 0 amide bonds. The highest BCUT2D eigenvalue weighted by Gasteiger charge is 2.16. The number of unbranched alkanes of at least 4 members (excludes halogenated alkanes) is 1. The molecule has 120 valence electrons. The van der Waals surface area contributed by atoms with Crippen molar-refractivity contribution in [2.24, 2.45) is 0 Å². The Morgan fingerprint density at radius 1 is 0.591 bits per heavy atom. The topological polar surface area (TPSA) is 0 Å². The molecule has 2 aromatic carbocycles. The molecule has 0 fully saturated rings. The summed E-state index contributed by atoms with van der Waals surface area (Å²) in [6.45, 7) is 9.26. The predicted molar refractivity (Wildman–Crippen MR) is 99.9 cm³/mol. The second kappa shape index (κ2) is 8.36. The highest BCUT2D eigenvalue weighted by atomic mass is 14.2. The zero-order valence-electron chi connectivity index (χ0n) is 15.0. The average Bonchev–Trinajstić information content (AvgIpc) is 2.55. The molecular weight excluding hydrogens is 264 g/mol. The van der Waals surface area contributed by atoms with Crippen LogP contribution in [0.15, 0.2) is 24.3 Å².